The number of nitrogens with zero attached hydrogens (tertiary/aromatic N) is 2. The van der Waals surface area contributed by atoms with Crippen LogP contribution < -0.4 is 0 Å². The molecule has 0 aliphatic carbocycles. The molecule has 0 amide bonds. The lowest BCUT2D eigenvalue weighted by atomic mass is 10.1. The van der Waals surface area contributed by atoms with Gasteiger partial charge in [0.05, 0.1) is 0 Å². The summed E-state index contributed by atoms with van der Waals surface area (Å²) in [6, 6.07) is 4.48. The molecule has 2 rings (SSSR count). The molecule has 2 N–H and O–H groups in total. The average molecular weight is 248 g/mol. The van der Waals surface area contributed by atoms with Gasteiger partial charge in [0.25, 0.3) is 5.89 Å². The van der Waals surface area contributed by atoms with Crippen molar-refractivity contribution in [1.29, 1.82) is 0 Å². The summed E-state index contributed by atoms with van der Waals surface area (Å²) < 4.78 is 5.06. The summed E-state index contributed by atoms with van der Waals surface area (Å²) in [6.07, 6.45) is 1.68. The van der Waals surface area contributed by atoms with Crippen molar-refractivity contribution >= 4 is 0 Å². The third-order valence-corrected chi connectivity index (χ3v) is 2.65. The number of phenols is 2. The first-order valence-corrected chi connectivity index (χ1v) is 5.92. The van der Waals surface area contributed by atoms with Crippen LogP contribution in [-0.4, -0.2) is 20.4 Å². The largest absolute Gasteiger partial charge is 0.507 e. The molecule has 5 heteroatoms. The second kappa shape index (κ2) is 5.08. The van der Waals surface area contributed by atoms with Gasteiger partial charge in [0, 0.05) is 6.42 Å². The summed E-state index contributed by atoms with van der Waals surface area (Å²) in [5.41, 5.74) is 0.181. The maximum atomic E-state index is 9.68. The Morgan fingerprint density at radius 3 is 2.50 bits per heavy atom. The SMILES string of the molecule is CC(C)CCc1noc(-c2c(O)cccc2O)n1. The number of aryl methyl sites for hydroxylation is 1. The number of hydrogen-bond donors (Lipinski definition) is 2. The van der Waals surface area contributed by atoms with Crippen LogP contribution in [0.5, 0.6) is 11.5 Å². The highest BCUT2D eigenvalue weighted by atomic mass is 16.5. The Balaban J connectivity index is 2.24. The van der Waals surface area contributed by atoms with E-state index in [1.54, 1.807) is 6.07 Å². The molecule has 0 bridgehead atoms. The van der Waals surface area contributed by atoms with Crippen LogP contribution in [0.3, 0.4) is 0 Å². The summed E-state index contributed by atoms with van der Waals surface area (Å²) in [7, 11) is 0. The van der Waals surface area contributed by atoms with E-state index in [0.29, 0.717) is 11.7 Å². The third-order valence-electron chi connectivity index (χ3n) is 2.65. The highest BCUT2D eigenvalue weighted by molar-refractivity contribution is 5.69. The van der Waals surface area contributed by atoms with Crippen molar-refractivity contribution in [3.63, 3.8) is 0 Å². The van der Waals surface area contributed by atoms with Gasteiger partial charge in [-0.1, -0.05) is 25.1 Å². The quantitative estimate of drug-likeness (QED) is 0.869. The summed E-state index contributed by atoms with van der Waals surface area (Å²) in [6.45, 7) is 4.24. The van der Waals surface area contributed by atoms with E-state index >= 15 is 0 Å². The van der Waals surface area contributed by atoms with Crippen LogP contribution in [0.1, 0.15) is 26.1 Å². The van der Waals surface area contributed by atoms with Crippen LogP contribution in [0.2, 0.25) is 0 Å². The maximum Gasteiger partial charge on any atom is 0.265 e. The molecule has 0 aliphatic rings. The first-order chi connectivity index (χ1) is 8.58. The van der Waals surface area contributed by atoms with E-state index in [2.05, 4.69) is 24.0 Å². The zero-order chi connectivity index (χ0) is 13.1. The molecule has 1 aromatic heterocycles. The van der Waals surface area contributed by atoms with Crippen molar-refractivity contribution < 1.29 is 14.7 Å². The number of hydrogen-bond acceptors (Lipinski definition) is 5. The third kappa shape index (κ3) is 2.61. The van der Waals surface area contributed by atoms with Gasteiger partial charge in [-0.25, -0.2) is 0 Å². The number of phenolic OH excluding ortho intramolecular Hbond substituents is 2. The number of rotatable bonds is 4. The van der Waals surface area contributed by atoms with Crippen molar-refractivity contribution in [2.24, 2.45) is 5.92 Å². The van der Waals surface area contributed by atoms with Gasteiger partial charge in [-0.15, -0.1) is 0 Å². The Hall–Kier alpha value is -2.04. The first kappa shape index (κ1) is 12.4. The molecular formula is C13H16N2O3. The smallest absolute Gasteiger partial charge is 0.265 e. The normalized spacial score (nSPS) is 11.1. The Morgan fingerprint density at radius 2 is 1.89 bits per heavy atom. The standard InChI is InChI=1S/C13H16N2O3/c1-8(2)6-7-11-14-13(18-15-11)12-9(16)4-3-5-10(12)17/h3-5,8,16-17H,6-7H2,1-2H3. The van der Waals surface area contributed by atoms with Gasteiger partial charge in [-0.05, 0) is 24.5 Å². The highest BCUT2D eigenvalue weighted by Gasteiger charge is 2.16. The lowest BCUT2D eigenvalue weighted by Gasteiger charge is -2.01. The van der Waals surface area contributed by atoms with Gasteiger partial charge in [0.15, 0.2) is 5.82 Å². The molecule has 0 spiro atoms. The van der Waals surface area contributed by atoms with E-state index in [-0.39, 0.29) is 23.0 Å². The topological polar surface area (TPSA) is 79.4 Å². The van der Waals surface area contributed by atoms with Gasteiger partial charge in [-0.2, -0.15) is 4.98 Å². The number of aromatic hydroxyl groups is 2. The molecule has 2 aromatic rings. The summed E-state index contributed by atoms with van der Waals surface area (Å²) in [5, 5.41) is 23.2. The Kier molecular flexibility index (Phi) is 3.50. The van der Waals surface area contributed by atoms with Gasteiger partial charge in [0.2, 0.25) is 0 Å². The molecule has 1 heterocycles. The molecule has 0 unspecified atom stereocenters. The minimum Gasteiger partial charge on any atom is -0.507 e. The molecule has 0 radical (unpaired) electrons. The molecule has 0 aliphatic heterocycles. The van der Waals surface area contributed by atoms with Gasteiger partial charge >= 0.3 is 0 Å². The minimum atomic E-state index is -0.0749. The van der Waals surface area contributed by atoms with Crippen LogP contribution in [0.25, 0.3) is 11.5 Å². The van der Waals surface area contributed by atoms with Crippen molar-refractivity contribution in [3.8, 4) is 23.0 Å². The van der Waals surface area contributed by atoms with E-state index < -0.39 is 0 Å². The minimum absolute atomic E-state index is 0.0749. The molecule has 5 nitrogen and oxygen atoms in total. The lowest BCUT2D eigenvalue weighted by molar-refractivity contribution is 0.407. The number of aromatic nitrogens is 2. The van der Waals surface area contributed by atoms with Crippen LogP contribution in [0.4, 0.5) is 0 Å². The monoisotopic (exact) mass is 248 g/mol. The predicted octanol–water partition coefficient (Wildman–Crippen LogP) is 2.74. The first-order valence-electron chi connectivity index (χ1n) is 5.92. The fraction of sp³-hybridized carbons (Fsp3) is 0.385. The lowest BCUT2D eigenvalue weighted by Crippen LogP contribution is -1.93. The second-order valence-corrected chi connectivity index (χ2v) is 4.62. The van der Waals surface area contributed by atoms with E-state index in [1.807, 2.05) is 0 Å². The molecule has 18 heavy (non-hydrogen) atoms. The van der Waals surface area contributed by atoms with Crippen LogP contribution in [0.15, 0.2) is 22.7 Å². The van der Waals surface area contributed by atoms with Crippen LogP contribution >= 0.6 is 0 Å². The molecule has 0 saturated carbocycles. The van der Waals surface area contributed by atoms with Crippen molar-refractivity contribution in [3.05, 3.63) is 24.0 Å². The maximum absolute atomic E-state index is 9.68. The van der Waals surface area contributed by atoms with E-state index in [9.17, 15) is 10.2 Å². The molecule has 96 valence electrons. The van der Waals surface area contributed by atoms with Gasteiger partial charge in [0.1, 0.15) is 17.1 Å². The zero-order valence-corrected chi connectivity index (χ0v) is 10.4. The predicted molar refractivity (Wildman–Crippen MR) is 66.2 cm³/mol. The van der Waals surface area contributed by atoms with Crippen LogP contribution in [-0.2, 0) is 6.42 Å². The molecule has 0 saturated heterocycles. The average Bonchev–Trinajstić information content (AvgIpc) is 2.75. The molecule has 0 atom stereocenters. The van der Waals surface area contributed by atoms with Crippen molar-refractivity contribution in [2.45, 2.75) is 26.7 Å². The fourth-order valence-electron chi connectivity index (χ4n) is 1.62. The highest BCUT2D eigenvalue weighted by Crippen LogP contribution is 2.35. The summed E-state index contributed by atoms with van der Waals surface area (Å²) >= 11 is 0. The zero-order valence-electron chi connectivity index (χ0n) is 10.4. The molecule has 1 aromatic carbocycles. The van der Waals surface area contributed by atoms with E-state index in [0.717, 1.165) is 12.8 Å². The number of benzene rings is 1. The Bertz CT molecular complexity index is 515. The fourth-order valence-corrected chi connectivity index (χ4v) is 1.62. The van der Waals surface area contributed by atoms with Gasteiger partial charge < -0.3 is 14.7 Å². The molecule has 0 fully saturated rings. The molecular weight excluding hydrogens is 232 g/mol. The van der Waals surface area contributed by atoms with E-state index in [4.69, 9.17) is 4.52 Å². The van der Waals surface area contributed by atoms with Crippen molar-refractivity contribution in [2.75, 3.05) is 0 Å². The summed E-state index contributed by atoms with van der Waals surface area (Å²) in [4.78, 5) is 4.18. The van der Waals surface area contributed by atoms with Crippen LogP contribution in [0, 0.1) is 5.92 Å². The Labute approximate surface area is 105 Å². The van der Waals surface area contributed by atoms with Gasteiger partial charge in [-0.3, -0.25) is 0 Å². The second-order valence-electron chi connectivity index (χ2n) is 4.62. The summed E-state index contributed by atoms with van der Waals surface area (Å²) in [5.74, 6) is 1.14. The van der Waals surface area contributed by atoms with E-state index in [1.165, 1.54) is 12.1 Å². The Morgan fingerprint density at radius 1 is 1.22 bits per heavy atom. The van der Waals surface area contributed by atoms with Crippen molar-refractivity contribution in [1.82, 2.24) is 10.1 Å².